The Morgan fingerprint density at radius 2 is 1.79 bits per heavy atom. The monoisotopic (exact) mass is 329 g/mol. The molecule has 2 fully saturated rings. The molecule has 134 valence electrons. The largest absolute Gasteiger partial charge is 0.330 e. The first-order chi connectivity index (χ1) is 11.8. The van der Waals surface area contributed by atoms with Gasteiger partial charge in [-0.15, -0.1) is 0 Å². The molecule has 0 radical (unpaired) electrons. The summed E-state index contributed by atoms with van der Waals surface area (Å²) in [4.78, 5) is 2.66. The third-order valence-corrected chi connectivity index (χ3v) is 5.98. The van der Waals surface area contributed by atoms with E-state index in [1.807, 2.05) is 0 Å². The average molecular weight is 330 g/mol. The van der Waals surface area contributed by atoms with Crippen LogP contribution < -0.4 is 11.1 Å². The van der Waals surface area contributed by atoms with Crippen molar-refractivity contribution in [3.8, 4) is 0 Å². The Morgan fingerprint density at radius 3 is 2.62 bits per heavy atom. The van der Waals surface area contributed by atoms with Crippen LogP contribution in [-0.2, 0) is 6.54 Å². The molecule has 1 aromatic rings. The Bertz CT molecular complexity index is 461. The molecule has 1 saturated carbocycles. The fourth-order valence-electron chi connectivity index (χ4n) is 4.54. The summed E-state index contributed by atoms with van der Waals surface area (Å²) in [5.74, 6) is 1.49. The van der Waals surface area contributed by atoms with Crippen LogP contribution in [-0.4, -0.2) is 37.1 Å². The molecule has 1 aliphatic heterocycles. The molecule has 1 aliphatic carbocycles. The number of hydrogen-bond acceptors (Lipinski definition) is 3. The summed E-state index contributed by atoms with van der Waals surface area (Å²) in [6.45, 7) is 5.61. The molecule has 0 aromatic heterocycles. The second-order valence-corrected chi connectivity index (χ2v) is 7.88. The van der Waals surface area contributed by atoms with Crippen molar-refractivity contribution in [3.63, 3.8) is 0 Å². The lowest BCUT2D eigenvalue weighted by molar-refractivity contribution is 0.216. The topological polar surface area (TPSA) is 41.3 Å². The van der Waals surface area contributed by atoms with Crippen molar-refractivity contribution in [3.05, 3.63) is 35.9 Å². The number of nitrogens with zero attached hydrogens (tertiary/aromatic N) is 1. The lowest BCUT2D eigenvalue weighted by atomic mass is 9.84. The van der Waals surface area contributed by atoms with E-state index in [1.165, 1.54) is 70.1 Å². The molecule has 3 heteroatoms. The second-order valence-electron chi connectivity index (χ2n) is 7.88. The molecule has 3 N–H and O–H groups in total. The van der Waals surface area contributed by atoms with Crippen LogP contribution in [0, 0.1) is 11.8 Å². The molecular formula is C21H35N3. The first-order valence-corrected chi connectivity index (χ1v) is 10.0. The number of hydrogen-bond donors (Lipinski definition) is 2. The zero-order valence-electron chi connectivity index (χ0n) is 15.1. The molecule has 1 saturated heterocycles. The van der Waals surface area contributed by atoms with E-state index >= 15 is 0 Å². The van der Waals surface area contributed by atoms with Crippen LogP contribution >= 0.6 is 0 Å². The van der Waals surface area contributed by atoms with Crippen LogP contribution in [0.15, 0.2) is 30.3 Å². The van der Waals surface area contributed by atoms with Gasteiger partial charge in [0.25, 0.3) is 0 Å². The van der Waals surface area contributed by atoms with E-state index in [2.05, 4.69) is 40.5 Å². The number of benzene rings is 1. The van der Waals surface area contributed by atoms with Gasteiger partial charge in [-0.1, -0.05) is 49.6 Å². The number of nitrogens with one attached hydrogen (secondary N) is 1. The maximum atomic E-state index is 5.99. The van der Waals surface area contributed by atoms with Crippen molar-refractivity contribution in [2.45, 2.75) is 57.5 Å². The van der Waals surface area contributed by atoms with E-state index in [4.69, 9.17) is 5.73 Å². The van der Waals surface area contributed by atoms with Gasteiger partial charge in [0, 0.05) is 19.1 Å². The van der Waals surface area contributed by atoms with Crippen molar-refractivity contribution in [1.29, 1.82) is 0 Å². The number of likely N-dealkylation sites (tertiary alicyclic amines) is 1. The van der Waals surface area contributed by atoms with Gasteiger partial charge in [-0.3, -0.25) is 4.90 Å². The summed E-state index contributed by atoms with van der Waals surface area (Å²) in [7, 11) is 0. The van der Waals surface area contributed by atoms with Crippen LogP contribution in [0.4, 0.5) is 0 Å². The van der Waals surface area contributed by atoms with Gasteiger partial charge in [0.15, 0.2) is 0 Å². The van der Waals surface area contributed by atoms with Crippen molar-refractivity contribution in [2.75, 3.05) is 26.2 Å². The quantitative estimate of drug-likeness (QED) is 0.840. The summed E-state index contributed by atoms with van der Waals surface area (Å²) >= 11 is 0. The van der Waals surface area contributed by atoms with Crippen molar-refractivity contribution in [1.82, 2.24) is 10.2 Å². The van der Waals surface area contributed by atoms with E-state index < -0.39 is 0 Å². The van der Waals surface area contributed by atoms with Crippen LogP contribution in [0.2, 0.25) is 0 Å². The normalized spacial score (nSPS) is 29.3. The zero-order valence-corrected chi connectivity index (χ0v) is 15.1. The highest BCUT2D eigenvalue weighted by molar-refractivity contribution is 5.14. The third-order valence-electron chi connectivity index (χ3n) is 5.98. The second kappa shape index (κ2) is 9.55. The van der Waals surface area contributed by atoms with Crippen molar-refractivity contribution < 1.29 is 0 Å². The summed E-state index contributed by atoms with van der Waals surface area (Å²) in [5.41, 5.74) is 7.43. The fourth-order valence-corrected chi connectivity index (χ4v) is 4.54. The van der Waals surface area contributed by atoms with Gasteiger partial charge in [0.05, 0.1) is 0 Å². The summed E-state index contributed by atoms with van der Waals surface area (Å²) < 4.78 is 0. The van der Waals surface area contributed by atoms with E-state index in [0.29, 0.717) is 12.0 Å². The van der Waals surface area contributed by atoms with Gasteiger partial charge >= 0.3 is 0 Å². The molecule has 3 atom stereocenters. The van der Waals surface area contributed by atoms with E-state index in [1.54, 1.807) is 0 Å². The molecule has 3 rings (SSSR count). The summed E-state index contributed by atoms with van der Waals surface area (Å²) in [6, 6.07) is 11.6. The molecule has 2 aliphatic rings. The average Bonchev–Trinajstić information content (AvgIpc) is 2.86. The van der Waals surface area contributed by atoms with Crippen LogP contribution in [0.5, 0.6) is 0 Å². The van der Waals surface area contributed by atoms with Crippen LogP contribution in [0.1, 0.15) is 50.5 Å². The van der Waals surface area contributed by atoms with Gasteiger partial charge in [-0.2, -0.15) is 0 Å². The molecule has 0 amide bonds. The standard InChI is InChI=1S/C21H35N3/c22-14-20-11-4-5-12-21(20)23-15-19-10-6-7-13-24(17-19)16-18-8-2-1-3-9-18/h1-3,8-9,19-21,23H,4-7,10-17,22H2. The van der Waals surface area contributed by atoms with Crippen molar-refractivity contribution in [2.24, 2.45) is 17.6 Å². The molecule has 1 aromatic carbocycles. The molecule has 3 unspecified atom stereocenters. The Morgan fingerprint density at radius 1 is 1.00 bits per heavy atom. The first-order valence-electron chi connectivity index (χ1n) is 10.0. The highest BCUT2D eigenvalue weighted by Gasteiger charge is 2.25. The lowest BCUT2D eigenvalue weighted by Gasteiger charge is -2.33. The van der Waals surface area contributed by atoms with E-state index in [-0.39, 0.29) is 0 Å². The van der Waals surface area contributed by atoms with E-state index in [9.17, 15) is 0 Å². The van der Waals surface area contributed by atoms with Gasteiger partial charge < -0.3 is 11.1 Å². The van der Waals surface area contributed by atoms with Gasteiger partial charge in [-0.05, 0) is 62.7 Å². The molecule has 24 heavy (non-hydrogen) atoms. The number of nitrogens with two attached hydrogens (primary N) is 1. The van der Waals surface area contributed by atoms with Gasteiger partial charge in [0.1, 0.15) is 0 Å². The lowest BCUT2D eigenvalue weighted by Crippen LogP contribution is -2.44. The van der Waals surface area contributed by atoms with Crippen LogP contribution in [0.25, 0.3) is 0 Å². The van der Waals surface area contributed by atoms with Gasteiger partial charge in [-0.25, -0.2) is 0 Å². The highest BCUT2D eigenvalue weighted by Crippen LogP contribution is 2.24. The first kappa shape index (κ1) is 17.9. The molecular weight excluding hydrogens is 294 g/mol. The zero-order chi connectivity index (χ0) is 16.6. The Kier molecular flexibility index (Phi) is 7.13. The molecule has 0 bridgehead atoms. The van der Waals surface area contributed by atoms with Crippen molar-refractivity contribution >= 4 is 0 Å². The highest BCUT2D eigenvalue weighted by atomic mass is 15.1. The van der Waals surface area contributed by atoms with Crippen LogP contribution in [0.3, 0.4) is 0 Å². The Balaban J connectivity index is 1.49. The van der Waals surface area contributed by atoms with Gasteiger partial charge in [0.2, 0.25) is 0 Å². The Labute approximate surface area is 148 Å². The summed E-state index contributed by atoms with van der Waals surface area (Å²) in [6.07, 6.45) is 9.48. The minimum absolute atomic E-state index is 0.662. The maximum absolute atomic E-state index is 5.99. The molecule has 1 heterocycles. The fraction of sp³-hybridized carbons (Fsp3) is 0.714. The van der Waals surface area contributed by atoms with E-state index in [0.717, 1.165) is 19.0 Å². The number of rotatable bonds is 6. The minimum atomic E-state index is 0.662. The SMILES string of the molecule is NCC1CCCCC1NCC1CCCCN(Cc2ccccc2)C1. The minimum Gasteiger partial charge on any atom is -0.330 e. The molecule has 0 spiro atoms. The molecule has 3 nitrogen and oxygen atoms in total. The summed E-state index contributed by atoms with van der Waals surface area (Å²) in [5, 5.41) is 3.90. The maximum Gasteiger partial charge on any atom is 0.0233 e. The predicted octanol–water partition coefficient (Wildman–Crippen LogP) is 3.40. The third kappa shape index (κ3) is 5.30. The smallest absolute Gasteiger partial charge is 0.0233 e. The Hall–Kier alpha value is -0.900. The predicted molar refractivity (Wildman–Crippen MR) is 102 cm³/mol.